The lowest BCUT2D eigenvalue weighted by molar-refractivity contribution is 0.0926. The third kappa shape index (κ3) is 5.13. The average molecular weight is 489 g/mol. The molecule has 1 heterocycles. The van der Waals surface area contributed by atoms with Gasteiger partial charge in [0.25, 0.3) is 0 Å². The molecule has 0 amide bonds. The molecule has 172 valence electrons. The lowest BCUT2D eigenvalue weighted by atomic mass is 10.1. The van der Waals surface area contributed by atoms with Crippen molar-refractivity contribution in [1.29, 1.82) is 0 Å². The van der Waals surface area contributed by atoms with E-state index in [2.05, 4.69) is 58.0 Å². The second-order valence-corrected chi connectivity index (χ2v) is 9.60. The smallest absolute Gasteiger partial charge is 0.0846 e. The number of halogens is 2. The van der Waals surface area contributed by atoms with Crippen molar-refractivity contribution in [3.63, 3.8) is 0 Å². The van der Waals surface area contributed by atoms with Gasteiger partial charge in [0.05, 0.1) is 12.6 Å². The maximum atomic E-state index is 11.3. The highest BCUT2D eigenvalue weighted by Crippen LogP contribution is 2.33. The zero-order valence-electron chi connectivity index (χ0n) is 18.7. The molecule has 0 aliphatic carbocycles. The fourth-order valence-electron chi connectivity index (χ4n) is 4.68. The molecule has 0 saturated heterocycles. The summed E-state index contributed by atoms with van der Waals surface area (Å²) in [6, 6.07) is 32.6. The van der Waals surface area contributed by atoms with Crippen LogP contribution in [0.1, 0.15) is 11.1 Å². The van der Waals surface area contributed by atoms with Gasteiger partial charge in [-0.05, 0) is 47.5 Å². The summed E-state index contributed by atoms with van der Waals surface area (Å²) in [5, 5.41) is 14.7. The first kappa shape index (κ1) is 22.9. The Labute approximate surface area is 209 Å². The van der Waals surface area contributed by atoms with Crippen molar-refractivity contribution in [3.8, 4) is 0 Å². The predicted octanol–water partition coefficient (Wildman–Crippen LogP) is 7.16. The summed E-state index contributed by atoms with van der Waals surface area (Å²) < 4.78 is 2.17. The van der Waals surface area contributed by atoms with Crippen LogP contribution in [0.15, 0.2) is 97.1 Å². The standard InChI is InChI=1S/C29H26Cl2N2O/c30-23-11-13-28-26(15-23)27-16-24(31)12-14-29(27)33(28)20-25(34)19-32(17-21-7-3-1-4-8-21)18-22-9-5-2-6-10-22/h1-16,25,34H,17-20H2/t25-/m1/s1. The van der Waals surface area contributed by atoms with Crippen LogP contribution in [0.4, 0.5) is 0 Å². The zero-order valence-corrected chi connectivity index (χ0v) is 20.3. The van der Waals surface area contributed by atoms with Gasteiger partial charge in [-0.15, -0.1) is 0 Å². The van der Waals surface area contributed by atoms with E-state index in [4.69, 9.17) is 23.2 Å². The first-order valence-corrected chi connectivity index (χ1v) is 12.2. The highest BCUT2D eigenvalue weighted by Gasteiger charge is 2.18. The van der Waals surface area contributed by atoms with Crippen LogP contribution in [0, 0.1) is 0 Å². The number of hydrogen-bond acceptors (Lipinski definition) is 2. The van der Waals surface area contributed by atoms with E-state index in [1.54, 1.807) is 0 Å². The molecule has 0 bridgehead atoms. The van der Waals surface area contributed by atoms with Gasteiger partial charge in [0.15, 0.2) is 0 Å². The molecule has 5 rings (SSSR count). The Hall–Kier alpha value is -2.82. The maximum absolute atomic E-state index is 11.3. The quantitative estimate of drug-likeness (QED) is 0.250. The Morgan fingerprint density at radius 1 is 0.676 bits per heavy atom. The number of benzene rings is 4. The molecule has 0 aliphatic rings. The van der Waals surface area contributed by atoms with E-state index < -0.39 is 6.10 Å². The molecule has 1 N–H and O–H groups in total. The largest absolute Gasteiger partial charge is 0.390 e. The van der Waals surface area contributed by atoms with E-state index >= 15 is 0 Å². The summed E-state index contributed by atoms with van der Waals surface area (Å²) in [5.74, 6) is 0. The van der Waals surface area contributed by atoms with Crippen molar-refractivity contribution < 1.29 is 5.11 Å². The molecule has 3 nitrogen and oxygen atoms in total. The molecule has 0 fully saturated rings. The Bertz CT molecular complexity index is 1300. The average Bonchev–Trinajstić information content (AvgIpc) is 3.12. The van der Waals surface area contributed by atoms with Crippen molar-refractivity contribution in [2.24, 2.45) is 0 Å². The van der Waals surface area contributed by atoms with Gasteiger partial charge < -0.3 is 9.67 Å². The van der Waals surface area contributed by atoms with E-state index in [9.17, 15) is 5.11 Å². The molecular weight excluding hydrogens is 463 g/mol. The minimum absolute atomic E-state index is 0.476. The Balaban J connectivity index is 1.43. The fourth-order valence-corrected chi connectivity index (χ4v) is 5.02. The normalized spacial score (nSPS) is 12.6. The van der Waals surface area contributed by atoms with Gasteiger partial charge in [-0.1, -0.05) is 83.9 Å². The zero-order chi connectivity index (χ0) is 23.5. The van der Waals surface area contributed by atoms with Gasteiger partial charge >= 0.3 is 0 Å². The first-order chi connectivity index (χ1) is 16.6. The summed E-state index contributed by atoms with van der Waals surface area (Å²) in [5.41, 5.74) is 4.54. The summed E-state index contributed by atoms with van der Waals surface area (Å²) >= 11 is 12.6. The molecule has 0 radical (unpaired) electrons. The van der Waals surface area contributed by atoms with Gasteiger partial charge in [0.2, 0.25) is 0 Å². The highest BCUT2D eigenvalue weighted by molar-refractivity contribution is 6.33. The van der Waals surface area contributed by atoms with Crippen molar-refractivity contribution in [2.45, 2.75) is 25.7 Å². The molecule has 0 aliphatic heterocycles. The molecule has 5 heteroatoms. The number of aromatic nitrogens is 1. The molecule has 1 aromatic heterocycles. The Morgan fingerprint density at radius 2 is 1.15 bits per heavy atom. The molecule has 0 unspecified atom stereocenters. The van der Waals surface area contributed by atoms with E-state index in [0.717, 1.165) is 34.9 Å². The van der Waals surface area contributed by atoms with E-state index in [1.807, 2.05) is 48.5 Å². The Morgan fingerprint density at radius 3 is 1.62 bits per heavy atom. The molecule has 0 saturated carbocycles. The summed E-state index contributed by atoms with van der Waals surface area (Å²) in [7, 11) is 0. The third-order valence-electron chi connectivity index (χ3n) is 6.15. The summed E-state index contributed by atoms with van der Waals surface area (Å²) in [6.07, 6.45) is -0.558. The van der Waals surface area contributed by atoms with Crippen LogP contribution in [0.2, 0.25) is 10.0 Å². The Kier molecular flexibility index (Phi) is 6.89. The minimum Gasteiger partial charge on any atom is -0.390 e. The molecule has 0 spiro atoms. The molecule has 4 aromatic carbocycles. The van der Waals surface area contributed by atoms with Crippen LogP contribution in [-0.2, 0) is 19.6 Å². The van der Waals surface area contributed by atoms with Crippen LogP contribution < -0.4 is 0 Å². The number of aliphatic hydroxyl groups excluding tert-OH is 1. The van der Waals surface area contributed by atoms with Crippen LogP contribution in [-0.4, -0.2) is 27.2 Å². The van der Waals surface area contributed by atoms with Crippen LogP contribution in [0.25, 0.3) is 21.8 Å². The van der Waals surface area contributed by atoms with Gasteiger partial charge in [-0.2, -0.15) is 0 Å². The van der Waals surface area contributed by atoms with Crippen molar-refractivity contribution in [2.75, 3.05) is 6.54 Å². The second-order valence-electron chi connectivity index (χ2n) is 8.73. The third-order valence-corrected chi connectivity index (χ3v) is 6.62. The number of aliphatic hydroxyl groups is 1. The van der Waals surface area contributed by atoms with Crippen molar-refractivity contribution >= 4 is 45.0 Å². The van der Waals surface area contributed by atoms with E-state index in [-0.39, 0.29) is 0 Å². The van der Waals surface area contributed by atoms with Gasteiger partial charge in [-0.3, -0.25) is 4.90 Å². The number of rotatable bonds is 8. The minimum atomic E-state index is -0.558. The van der Waals surface area contributed by atoms with Crippen molar-refractivity contribution in [1.82, 2.24) is 9.47 Å². The van der Waals surface area contributed by atoms with Gasteiger partial charge in [0, 0.05) is 51.5 Å². The van der Waals surface area contributed by atoms with Crippen LogP contribution in [0.5, 0.6) is 0 Å². The number of nitrogens with zero attached hydrogens (tertiary/aromatic N) is 2. The van der Waals surface area contributed by atoms with E-state index in [1.165, 1.54) is 11.1 Å². The summed E-state index contributed by atoms with van der Waals surface area (Å²) in [4.78, 5) is 2.30. The maximum Gasteiger partial charge on any atom is 0.0846 e. The fraction of sp³-hybridized carbons (Fsp3) is 0.172. The molecule has 1 atom stereocenters. The van der Waals surface area contributed by atoms with Gasteiger partial charge in [-0.25, -0.2) is 0 Å². The van der Waals surface area contributed by atoms with Crippen LogP contribution >= 0.6 is 23.2 Å². The number of hydrogen-bond donors (Lipinski definition) is 1. The monoisotopic (exact) mass is 488 g/mol. The highest BCUT2D eigenvalue weighted by atomic mass is 35.5. The van der Waals surface area contributed by atoms with Crippen molar-refractivity contribution in [3.05, 3.63) is 118 Å². The van der Waals surface area contributed by atoms with E-state index in [0.29, 0.717) is 23.1 Å². The lowest BCUT2D eigenvalue weighted by Gasteiger charge is -2.26. The topological polar surface area (TPSA) is 28.4 Å². The lowest BCUT2D eigenvalue weighted by Crippen LogP contribution is -2.34. The molecule has 34 heavy (non-hydrogen) atoms. The van der Waals surface area contributed by atoms with Crippen LogP contribution in [0.3, 0.4) is 0 Å². The predicted molar refractivity (Wildman–Crippen MR) is 142 cm³/mol. The second kappa shape index (κ2) is 10.2. The number of fused-ring (bicyclic) bond motifs is 3. The first-order valence-electron chi connectivity index (χ1n) is 11.4. The summed E-state index contributed by atoms with van der Waals surface area (Å²) in [6.45, 7) is 2.56. The molecule has 5 aromatic rings. The van der Waals surface area contributed by atoms with Gasteiger partial charge in [0.1, 0.15) is 0 Å². The SMILES string of the molecule is O[C@H](CN(Cc1ccccc1)Cc1ccccc1)Cn1c2ccc(Cl)cc2c2cc(Cl)ccc21. The molecular formula is C29H26Cl2N2O.